The molecule has 0 radical (unpaired) electrons. The minimum Gasteiger partial charge on any atom is -0.459 e. The number of carbonyl (C=O) groups is 3. The first-order valence-corrected chi connectivity index (χ1v) is 14.3. The molecule has 2 saturated heterocycles. The molecule has 216 valence electrons. The molecule has 0 aliphatic carbocycles. The molecule has 3 N–H and O–H groups in total. The van der Waals surface area contributed by atoms with Crippen molar-refractivity contribution in [3.63, 3.8) is 0 Å². The number of carbonyl (C=O) groups excluding carboxylic acids is 3. The van der Waals surface area contributed by atoms with Gasteiger partial charge in [0.05, 0.1) is 17.6 Å². The Kier molecular flexibility index (Phi) is 8.76. The van der Waals surface area contributed by atoms with Gasteiger partial charge in [-0.3, -0.25) is 9.59 Å². The molecule has 0 saturated carbocycles. The number of nitrogens with zero attached hydrogens (tertiary/aromatic N) is 3. The number of piperidine rings is 1. The number of furan rings is 1. The van der Waals surface area contributed by atoms with Gasteiger partial charge in [0, 0.05) is 63.1 Å². The van der Waals surface area contributed by atoms with Crippen molar-refractivity contribution in [1.82, 2.24) is 15.5 Å². The maximum Gasteiger partial charge on any atom is 0.317 e. The molecule has 4 amide bonds. The Morgan fingerprint density at radius 1 is 0.902 bits per heavy atom. The molecular formula is C31H38N6O4. The molecule has 2 aromatic carbocycles. The Morgan fingerprint density at radius 2 is 1.66 bits per heavy atom. The fraction of sp³-hybridized carbons (Fsp3) is 0.387. The third-order valence-corrected chi connectivity index (χ3v) is 7.70. The van der Waals surface area contributed by atoms with E-state index in [1.165, 1.54) is 17.5 Å². The fourth-order valence-electron chi connectivity index (χ4n) is 5.56. The smallest absolute Gasteiger partial charge is 0.317 e. The second-order valence-corrected chi connectivity index (χ2v) is 10.5. The number of benzene rings is 2. The van der Waals surface area contributed by atoms with Crippen molar-refractivity contribution in [1.29, 1.82) is 0 Å². The first-order valence-electron chi connectivity index (χ1n) is 14.3. The number of amides is 4. The van der Waals surface area contributed by atoms with Gasteiger partial charge in [-0.1, -0.05) is 18.2 Å². The molecule has 10 heteroatoms. The lowest BCUT2D eigenvalue weighted by molar-refractivity contribution is 0.0909. The zero-order chi connectivity index (χ0) is 28.8. The number of para-hydroxylation sites is 1. The number of nitrogens with one attached hydrogen (secondary N) is 3. The van der Waals surface area contributed by atoms with Crippen LogP contribution in [0.3, 0.4) is 0 Å². The van der Waals surface area contributed by atoms with Crippen LogP contribution in [0, 0.1) is 6.92 Å². The quantitative estimate of drug-likeness (QED) is 0.403. The van der Waals surface area contributed by atoms with E-state index in [-0.39, 0.29) is 29.6 Å². The minimum atomic E-state index is -0.378. The number of rotatable bonds is 7. The van der Waals surface area contributed by atoms with Crippen molar-refractivity contribution < 1.29 is 18.8 Å². The van der Waals surface area contributed by atoms with E-state index in [1.807, 2.05) is 19.1 Å². The lowest BCUT2D eigenvalue weighted by Gasteiger charge is -2.38. The second kappa shape index (κ2) is 12.8. The molecule has 1 aromatic heterocycles. The molecule has 2 fully saturated rings. The van der Waals surface area contributed by atoms with E-state index in [9.17, 15) is 14.4 Å². The van der Waals surface area contributed by atoms with Crippen molar-refractivity contribution in [3.05, 3.63) is 77.7 Å². The van der Waals surface area contributed by atoms with E-state index >= 15 is 0 Å². The van der Waals surface area contributed by atoms with E-state index in [0.717, 1.165) is 44.7 Å². The van der Waals surface area contributed by atoms with Gasteiger partial charge in [0.25, 0.3) is 11.8 Å². The third kappa shape index (κ3) is 6.65. The monoisotopic (exact) mass is 558 g/mol. The van der Waals surface area contributed by atoms with E-state index in [0.29, 0.717) is 30.9 Å². The molecule has 0 unspecified atom stereocenters. The van der Waals surface area contributed by atoms with Crippen LogP contribution in [0.25, 0.3) is 0 Å². The summed E-state index contributed by atoms with van der Waals surface area (Å²) in [6, 6.07) is 16.8. The zero-order valence-electron chi connectivity index (χ0n) is 23.7. The van der Waals surface area contributed by atoms with Gasteiger partial charge in [0.2, 0.25) is 0 Å². The molecule has 10 nitrogen and oxygen atoms in total. The summed E-state index contributed by atoms with van der Waals surface area (Å²) in [4.78, 5) is 44.9. The second-order valence-electron chi connectivity index (χ2n) is 10.5. The summed E-state index contributed by atoms with van der Waals surface area (Å²) in [6.45, 7) is 8.91. The maximum atomic E-state index is 13.3. The zero-order valence-corrected chi connectivity index (χ0v) is 23.7. The van der Waals surface area contributed by atoms with Crippen molar-refractivity contribution in [2.75, 3.05) is 60.9 Å². The van der Waals surface area contributed by atoms with Gasteiger partial charge >= 0.3 is 6.03 Å². The summed E-state index contributed by atoms with van der Waals surface area (Å²) >= 11 is 0. The average Bonchev–Trinajstić information content (AvgIpc) is 3.53. The average molecular weight is 559 g/mol. The van der Waals surface area contributed by atoms with Crippen molar-refractivity contribution >= 4 is 34.9 Å². The Bertz CT molecular complexity index is 1370. The lowest BCUT2D eigenvalue weighted by atomic mass is 10.0. The Hall–Kier alpha value is -4.47. The highest BCUT2D eigenvalue weighted by atomic mass is 16.3. The number of urea groups is 1. The van der Waals surface area contributed by atoms with Crippen LogP contribution < -0.4 is 25.8 Å². The van der Waals surface area contributed by atoms with Gasteiger partial charge < -0.3 is 35.1 Å². The Balaban J connectivity index is 1.32. The van der Waals surface area contributed by atoms with Gasteiger partial charge in [0.15, 0.2) is 5.76 Å². The normalized spacial score (nSPS) is 17.2. The van der Waals surface area contributed by atoms with E-state index in [4.69, 9.17) is 4.42 Å². The van der Waals surface area contributed by atoms with Crippen LogP contribution in [-0.2, 0) is 0 Å². The fourth-order valence-corrected chi connectivity index (χ4v) is 5.56. The molecule has 0 spiro atoms. The SMILES string of the molecule is CCNC(=O)N1CCC[C@@H](NC(=O)c2ccc(N3CCN(c4ccccc4C)CC3)c(NC(=O)c3ccco3)c2)C1. The van der Waals surface area contributed by atoms with Crippen LogP contribution in [0.1, 0.15) is 46.2 Å². The highest BCUT2D eigenvalue weighted by Crippen LogP contribution is 2.30. The number of likely N-dealkylation sites (tertiary alicyclic amines) is 1. The first kappa shape index (κ1) is 28.1. The summed E-state index contributed by atoms with van der Waals surface area (Å²) in [6.07, 6.45) is 3.08. The summed E-state index contributed by atoms with van der Waals surface area (Å²) in [5.41, 5.74) is 4.33. The summed E-state index contributed by atoms with van der Waals surface area (Å²) < 4.78 is 5.30. The van der Waals surface area contributed by atoms with Gasteiger partial charge in [-0.2, -0.15) is 0 Å². The predicted molar refractivity (Wildman–Crippen MR) is 160 cm³/mol. The van der Waals surface area contributed by atoms with Crippen LogP contribution in [0.4, 0.5) is 21.9 Å². The Labute approximate surface area is 240 Å². The molecule has 0 bridgehead atoms. The first-order chi connectivity index (χ1) is 19.9. The topological polar surface area (TPSA) is 110 Å². The van der Waals surface area contributed by atoms with E-state index < -0.39 is 0 Å². The molecule has 41 heavy (non-hydrogen) atoms. The molecule has 3 heterocycles. The lowest BCUT2D eigenvalue weighted by Crippen LogP contribution is -2.52. The van der Waals surface area contributed by atoms with Gasteiger partial charge in [-0.15, -0.1) is 0 Å². The highest BCUT2D eigenvalue weighted by Gasteiger charge is 2.26. The molecule has 2 aliphatic heterocycles. The largest absolute Gasteiger partial charge is 0.459 e. The minimum absolute atomic E-state index is 0.110. The summed E-state index contributed by atoms with van der Waals surface area (Å²) in [7, 11) is 0. The number of hydrogen-bond donors (Lipinski definition) is 3. The van der Waals surface area contributed by atoms with Gasteiger partial charge in [0.1, 0.15) is 0 Å². The molecule has 2 aliphatic rings. The van der Waals surface area contributed by atoms with Crippen LogP contribution in [0.5, 0.6) is 0 Å². The molecule has 3 aromatic rings. The number of piperazine rings is 1. The number of anilines is 3. The highest BCUT2D eigenvalue weighted by molar-refractivity contribution is 6.05. The predicted octanol–water partition coefficient (Wildman–Crippen LogP) is 4.09. The summed E-state index contributed by atoms with van der Waals surface area (Å²) in [5, 5.41) is 8.88. The van der Waals surface area contributed by atoms with Crippen LogP contribution in [0.15, 0.2) is 65.3 Å². The number of hydrogen-bond acceptors (Lipinski definition) is 6. The van der Waals surface area contributed by atoms with Crippen LogP contribution in [-0.4, -0.2) is 74.6 Å². The van der Waals surface area contributed by atoms with Crippen LogP contribution >= 0.6 is 0 Å². The van der Waals surface area contributed by atoms with E-state index in [2.05, 4.69) is 50.9 Å². The van der Waals surface area contributed by atoms with Crippen molar-refractivity contribution in [2.24, 2.45) is 0 Å². The standard InChI is InChI=1S/C31H38N6O4/c1-3-32-31(40)37-14-6-9-24(21-37)33-29(38)23-12-13-27(25(20-23)34-30(39)28-11-7-19-41-28)36-17-15-35(16-18-36)26-10-5-4-8-22(26)2/h4-5,7-8,10-13,19-20,24H,3,6,9,14-18,21H2,1-2H3,(H,32,40)(H,33,38)(H,34,39)/t24-/m1/s1. The Morgan fingerprint density at radius 3 is 2.37 bits per heavy atom. The molecule has 1 atom stereocenters. The van der Waals surface area contributed by atoms with Gasteiger partial charge in [-0.25, -0.2) is 4.79 Å². The van der Waals surface area contributed by atoms with Crippen LogP contribution in [0.2, 0.25) is 0 Å². The third-order valence-electron chi connectivity index (χ3n) is 7.70. The number of aryl methyl sites for hydroxylation is 1. The van der Waals surface area contributed by atoms with Crippen molar-refractivity contribution in [2.45, 2.75) is 32.7 Å². The summed E-state index contributed by atoms with van der Waals surface area (Å²) in [5.74, 6) is -0.419. The molecular weight excluding hydrogens is 520 g/mol. The molecule has 5 rings (SSSR count). The van der Waals surface area contributed by atoms with E-state index in [1.54, 1.807) is 29.2 Å². The van der Waals surface area contributed by atoms with Gasteiger partial charge in [-0.05, 0) is 68.7 Å². The van der Waals surface area contributed by atoms with Crippen molar-refractivity contribution in [3.8, 4) is 0 Å². The maximum absolute atomic E-state index is 13.3.